The lowest BCUT2D eigenvalue weighted by molar-refractivity contribution is -0.147. The lowest BCUT2D eigenvalue weighted by Crippen LogP contribution is -2.48. The largest absolute Gasteiger partial charge is 0.493 e. The standard InChI is InChI=1S/C20H22N2O4S/c1-25-15-10-12-7-8-22(20(24)19(23)21-13-5-6-13)18(17-4-3-9-27-17)14(12)11-16(15)26-2/h3-4,9-11,13,18H,5-8H2,1-2H3,(H,21,23)/t18-/m0/s1. The molecule has 2 aliphatic rings. The van der Waals surface area contributed by atoms with Crippen molar-refractivity contribution in [2.75, 3.05) is 20.8 Å². The van der Waals surface area contributed by atoms with Crippen LogP contribution in [0.4, 0.5) is 0 Å². The van der Waals surface area contributed by atoms with Gasteiger partial charge in [0.2, 0.25) is 0 Å². The van der Waals surface area contributed by atoms with Gasteiger partial charge in [-0.25, -0.2) is 0 Å². The van der Waals surface area contributed by atoms with Crippen molar-refractivity contribution < 1.29 is 19.1 Å². The first kappa shape index (κ1) is 17.9. The van der Waals surface area contributed by atoms with Crippen LogP contribution < -0.4 is 14.8 Å². The fourth-order valence-corrected chi connectivity index (χ4v) is 4.38. The van der Waals surface area contributed by atoms with E-state index in [0.29, 0.717) is 24.5 Å². The molecule has 0 bridgehead atoms. The predicted octanol–water partition coefficient (Wildman–Crippen LogP) is 2.52. The molecule has 6 nitrogen and oxygen atoms in total. The zero-order valence-corrected chi connectivity index (χ0v) is 16.2. The summed E-state index contributed by atoms with van der Waals surface area (Å²) in [7, 11) is 3.21. The highest BCUT2D eigenvalue weighted by molar-refractivity contribution is 7.10. The maximum absolute atomic E-state index is 12.9. The van der Waals surface area contributed by atoms with Gasteiger partial charge in [-0.3, -0.25) is 9.59 Å². The van der Waals surface area contributed by atoms with Crippen LogP contribution >= 0.6 is 11.3 Å². The zero-order chi connectivity index (χ0) is 19.0. The summed E-state index contributed by atoms with van der Waals surface area (Å²) >= 11 is 1.58. The number of hydrogen-bond acceptors (Lipinski definition) is 5. The molecule has 0 saturated heterocycles. The molecule has 1 atom stereocenters. The Morgan fingerprint density at radius 3 is 2.56 bits per heavy atom. The summed E-state index contributed by atoms with van der Waals surface area (Å²) < 4.78 is 10.9. The summed E-state index contributed by atoms with van der Waals surface area (Å²) in [6.45, 7) is 0.488. The molecule has 1 N–H and O–H groups in total. The van der Waals surface area contributed by atoms with Crippen LogP contribution in [0.1, 0.15) is 34.9 Å². The van der Waals surface area contributed by atoms with E-state index in [9.17, 15) is 9.59 Å². The first-order valence-corrected chi connectivity index (χ1v) is 9.90. The summed E-state index contributed by atoms with van der Waals surface area (Å²) in [5, 5.41) is 4.79. The Bertz CT molecular complexity index is 861. The van der Waals surface area contributed by atoms with E-state index in [4.69, 9.17) is 9.47 Å². The topological polar surface area (TPSA) is 67.9 Å². The quantitative estimate of drug-likeness (QED) is 0.820. The van der Waals surface area contributed by atoms with E-state index >= 15 is 0 Å². The molecule has 2 aromatic rings. The Morgan fingerprint density at radius 1 is 1.19 bits per heavy atom. The highest BCUT2D eigenvalue weighted by Crippen LogP contribution is 2.42. The first-order valence-electron chi connectivity index (χ1n) is 9.02. The minimum atomic E-state index is -0.511. The van der Waals surface area contributed by atoms with Gasteiger partial charge in [-0.1, -0.05) is 6.07 Å². The third-order valence-electron chi connectivity index (χ3n) is 5.05. The third-order valence-corrected chi connectivity index (χ3v) is 5.98. The van der Waals surface area contributed by atoms with Gasteiger partial charge in [0, 0.05) is 17.5 Å². The molecule has 1 aromatic carbocycles. The number of fused-ring (bicyclic) bond motifs is 1. The number of rotatable bonds is 4. The van der Waals surface area contributed by atoms with Crippen LogP contribution in [0, 0.1) is 0 Å². The van der Waals surface area contributed by atoms with Crippen molar-refractivity contribution in [3.8, 4) is 11.5 Å². The monoisotopic (exact) mass is 386 g/mol. The summed E-state index contributed by atoms with van der Waals surface area (Å²) in [6.07, 6.45) is 2.57. The molecule has 1 aliphatic carbocycles. The minimum absolute atomic E-state index is 0.156. The van der Waals surface area contributed by atoms with Gasteiger partial charge in [-0.15, -0.1) is 11.3 Å². The molecular formula is C20H22N2O4S. The molecule has 27 heavy (non-hydrogen) atoms. The molecule has 1 fully saturated rings. The van der Waals surface area contributed by atoms with Crippen molar-refractivity contribution in [2.45, 2.75) is 31.3 Å². The SMILES string of the molecule is COc1cc2c(cc1OC)[C@@H](c1cccs1)N(C(=O)C(=O)NC1CC1)CC2. The average molecular weight is 386 g/mol. The molecule has 1 saturated carbocycles. The van der Waals surface area contributed by atoms with Crippen molar-refractivity contribution >= 4 is 23.2 Å². The van der Waals surface area contributed by atoms with Gasteiger partial charge in [0.1, 0.15) is 0 Å². The van der Waals surface area contributed by atoms with Crippen molar-refractivity contribution in [1.82, 2.24) is 10.2 Å². The van der Waals surface area contributed by atoms with Crippen molar-refractivity contribution in [2.24, 2.45) is 0 Å². The average Bonchev–Trinajstić information content (AvgIpc) is 3.34. The van der Waals surface area contributed by atoms with Gasteiger partial charge < -0.3 is 19.7 Å². The summed E-state index contributed by atoms with van der Waals surface area (Å²) in [6, 6.07) is 7.72. The van der Waals surface area contributed by atoms with Crippen LogP contribution in [-0.2, 0) is 16.0 Å². The number of benzene rings is 1. The van der Waals surface area contributed by atoms with Gasteiger partial charge in [0.15, 0.2) is 11.5 Å². The summed E-state index contributed by atoms with van der Waals surface area (Å²) in [4.78, 5) is 28.0. The lowest BCUT2D eigenvalue weighted by Gasteiger charge is -2.37. The van der Waals surface area contributed by atoms with Crippen LogP contribution in [0.3, 0.4) is 0 Å². The molecule has 142 valence electrons. The maximum Gasteiger partial charge on any atom is 0.312 e. The first-order chi connectivity index (χ1) is 13.1. The van der Waals surface area contributed by atoms with E-state index in [1.54, 1.807) is 30.5 Å². The van der Waals surface area contributed by atoms with Crippen molar-refractivity contribution in [3.63, 3.8) is 0 Å². The summed E-state index contributed by atoms with van der Waals surface area (Å²) in [5.41, 5.74) is 2.09. The van der Waals surface area contributed by atoms with Crippen LogP contribution in [0.5, 0.6) is 11.5 Å². The Morgan fingerprint density at radius 2 is 1.93 bits per heavy atom. The number of hydrogen-bond donors (Lipinski definition) is 1. The van der Waals surface area contributed by atoms with Crippen LogP contribution in [0.25, 0.3) is 0 Å². The fraction of sp³-hybridized carbons (Fsp3) is 0.400. The molecule has 0 radical (unpaired) electrons. The van der Waals surface area contributed by atoms with Crippen LogP contribution in [0.15, 0.2) is 29.6 Å². The van der Waals surface area contributed by atoms with Gasteiger partial charge in [0.25, 0.3) is 0 Å². The Hall–Kier alpha value is -2.54. The third kappa shape index (κ3) is 3.39. The molecular weight excluding hydrogens is 364 g/mol. The molecule has 0 spiro atoms. The minimum Gasteiger partial charge on any atom is -0.493 e. The highest BCUT2D eigenvalue weighted by atomic mass is 32.1. The van der Waals surface area contributed by atoms with E-state index in [0.717, 1.165) is 28.8 Å². The fourth-order valence-electron chi connectivity index (χ4n) is 3.52. The Labute approximate surface area is 162 Å². The second-order valence-electron chi connectivity index (χ2n) is 6.82. The molecule has 1 aliphatic heterocycles. The van der Waals surface area contributed by atoms with Gasteiger partial charge >= 0.3 is 11.8 Å². The van der Waals surface area contributed by atoms with Gasteiger partial charge in [0.05, 0.1) is 20.3 Å². The molecule has 4 rings (SSSR count). The molecule has 2 heterocycles. The smallest absolute Gasteiger partial charge is 0.312 e. The predicted molar refractivity (Wildman–Crippen MR) is 102 cm³/mol. The molecule has 7 heteroatoms. The maximum atomic E-state index is 12.9. The number of methoxy groups -OCH3 is 2. The number of nitrogens with one attached hydrogen (secondary N) is 1. The van der Waals surface area contributed by atoms with Crippen molar-refractivity contribution in [3.05, 3.63) is 45.6 Å². The number of ether oxygens (including phenoxy) is 2. The lowest BCUT2D eigenvalue weighted by atomic mass is 9.90. The van der Waals surface area contributed by atoms with Gasteiger partial charge in [-0.2, -0.15) is 0 Å². The van der Waals surface area contributed by atoms with Crippen LogP contribution in [-0.4, -0.2) is 43.5 Å². The summed E-state index contributed by atoms with van der Waals surface area (Å²) in [5.74, 6) is 0.311. The van der Waals surface area contributed by atoms with E-state index in [1.165, 1.54) is 0 Å². The number of carbonyl (C=O) groups excluding carboxylic acids is 2. The molecule has 2 amide bonds. The Balaban J connectivity index is 1.73. The van der Waals surface area contributed by atoms with Gasteiger partial charge in [-0.05, 0) is 54.0 Å². The van der Waals surface area contributed by atoms with Crippen LogP contribution in [0.2, 0.25) is 0 Å². The van der Waals surface area contributed by atoms with Crippen molar-refractivity contribution in [1.29, 1.82) is 0 Å². The molecule has 0 unspecified atom stereocenters. The zero-order valence-electron chi connectivity index (χ0n) is 15.4. The normalized spacial score (nSPS) is 18.6. The van der Waals surface area contributed by atoms with E-state index in [1.807, 2.05) is 29.6 Å². The number of amides is 2. The highest BCUT2D eigenvalue weighted by Gasteiger charge is 2.37. The van der Waals surface area contributed by atoms with E-state index in [2.05, 4.69) is 5.32 Å². The number of nitrogens with zero attached hydrogens (tertiary/aromatic N) is 1. The second kappa shape index (κ2) is 7.23. The number of thiophene rings is 1. The van der Waals surface area contributed by atoms with E-state index < -0.39 is 11.8 Å². The molecule has 1 aromatic heterocycles. The Kier molecular flexibility index (Phi) is 4.78. The number of carbonyl (C=O) groups is 2. The van der Waals surface area contributed by atoms with E-state index in [-0.39, 0.29) is 12.1 Å². The second-order valence-corrected chi connectivity index (χ2v) is 7.80.